The van der Waals surface area contributed by atoms with Crippen molar-refractivity contribution in [3.05, 3.63) is 41.7 Å². The van der Waals surface area contributed by atoms with Crippen LogP contribution in [0.2, 0.25) is 0 Å². The molecule has 0 saturated heterocycles. The predicted molar refractivity (Wildman–Crippen MR) is 59.4 cm³/mol. The minimum Gasteiger partial charge on any atom is -0.361 e. The van der Waals surface area contributed by atoms with Crippen LogP contribution in [0.3, 0.4) is 0 Å². The molecule has 78 valence electrons. The average molecular weight is 202 g/mol. The minimum absolute atomic E-state index is 0.586. The summed E-state index contributed by atoms with van der Waals surface area (Å²) in [5, 5.41) is 4.04. The van der Waals surface area contributed by atoms with E-state index in [1.807, 2.05) is 24.3 Å². The molecule has 2 rings (SSSR count). The van der Waals surface area contributed by atoms with E-state index in [0.717, 1.165) is 23.4 Å². The molecule has 2 N–H and O–H groups in total. The Morgan fingerprint density at radius 3 is 2.87 bits per heavy atom. The highest BCUT2D eigenvalue weighted by Crippen LogP contribution is 2.22. The fourth-order valence-corrected chi connectivity index (χ4v) is 1.56. The molecule has 0 aliphatic rings. The maximum Gasteiger partial charge on any atom is 0.138 e. The third kappa shape index (κ3) is 2.07. The van der Waals surface area contributed by atoms with E-state index in [2.05, 4.69) is 18.1 Å². The molecule has 0 unspecified atom stereocenters. The molecule has 3 nitrogen and oxygen atoms in total. The van der Waals surface area contributed by atoms with Gasteiger partial charge in [0.2, 0.25) is 0 Å². The van der Waals surface area contributed by atoms with Crippen molar-refractivity contribution >= 4 is 0 Å². The van der Waals surface area contributed by atoms with Crippen molar-refractivity contribution in [2.45, 2.75) is 13.3 Å². The Bertz CT molecular complexity index is 448. The van der Waals surface area contributed by atoms with Crippen LogP contribution in [0.5, 0.6) is 0 Å². The molecule has 3 heteroatoms. The number of hydrogen-bond acceptors (Lipinski definition) is 3. The maximum absolute atomic E-state index is 5.45. The fraction of sp³-hybridized carbons (Fsp3) is 0.250. The molecule has 1 heterocycles. The molecule has 0 spiro atoms. The molecule has 1 aromatic heterocycles. The zero-order valence-corrected chi connectivity index (χ0v) is 8.73. The van der Waals surface area contributed by atoms with Crippen molar-refractivity contribution in [1.82, 2.24) is 5.16 Å². The molecular formula is C12H14N2O. The van der Waals surface area contributed by atoms with Gasteiger partial charge in [0.15, 0.2) is 0 Å². The van der Waals surface area contributed by atoms with Crippen LogP contribution >= 0.6 is 0 Å². The van der Waals surface area contributed by atoms with Gasteiger partial charge in [-0.05, 0) is 19.0 Å². The fourth-order valence-electron chi connectivity index (χ4n) is 1.56. The Morgan fingerprint density at radius 2 is 2.13 bits per heavy atom. The van der Waals surface area contributed by atoms with Gasteiger partial charge in [0, 0.05) is 18.1 Å². The third-order valence-corrected chi connectivity index (χ3v) is 2.37. The first-order chi connectivity index (χ1) is 7.31. The van der Waals surface area contributed by atoms with Gasteiger partial charge in [0.25, 0.3) is 0 Å². The van der Waals surface area contributed by atoms with Crippen molar-refractivity contribution in [3.8, 4) is 11.3 Å². The van der Waals surface area contributed by atoms with Crippen LogP contribution in [0.4, 0.5) is 0 Å². The quantitative estimate of drug-likeness (QED) is 0.829. The second kappa shape index (κ2) is 4.28. The summed E-state index contributed by atoms with van der Waals surface area (Å²) in [6.07, 6.45) is 0.735. The van der Waals surface area contributed by atoms with Crippen molar-refractivity contribution in [2.75, 3.05) is 6.54 Å². The first kappa shape index (κ1) is 9.93. The molecule has 0 bridgehead atoms. The number of rotatable bonds is 3. The molecule has 0 saturated carbocycles. The van der Waals surface area contributed by atoms with Gasteiger partial charge in [-0.15, -0.1) is 0 Å². The van der Waals surface area contributed by atoms with E-state index < -0.39 is 0 Å². The van der Waals surface area contributed by atoms with Gasteiger partial charge in [0.05, 0.1) is 0 Å². The van der Waals surface area contributed by atoms with Crippen molar-refractivity contribution in [2.24, 2.45) is 5.73 Å². The summed E-state index contributed by atoms with van der Waals surface area (Å²) in [6.45, 7) is 2.65. The molecule has 15 heavy (non-hydrogen) atoms. The van der Waals surface area contributed by atoms with Gasteiger partial charge in [-0.2, -0.15) is 0 Å². The lowest BCUT2D eigenvalue weighted by Gasteiger charge is -1.98. The lowest BCUT2D eigenvalue weighted by molar-refractivity contribution is 0.386. The largest absolute Gasteiger partial charge is 0.361 e. The molecule has 0 aliphatic heterocycles. The van der Waals surface area contributed by atoms with E-state index in [4.69, 9.17) is 10.3 Å². The van der Waals surface area contributed by atoms with Crippen LogP contribution in [0.25, 0.3) is 11.3 Å². The van der Waals surface area contributed by atoms with E-state index in [9.17, 15) is 0 Å². The Kier molecular flexibility index (Phi) is 2.83. The molecule has 0 fully saturated rings. The lowest BCUT2D eigenvalue weighted by atomic mass is 10.1. The Hall–Kier alpha value is -1.61. The van der Waals surface area contributed by atoms with Gasteiger partial charge in [-0.1, -0.05) is 29.4 Å². The number of benzene rings is 1. The second-order valence-electron chi connectivity index (χ2n) is 3.53. The number of aromatic nitrogens is 1. The number of nitrogens with two attached hydrogens (primary N) is 1. The van der Waals surface area contributed by atoms with E-state index in [1.54, 1.807) is 0 Å². The highest BCUT2D eigenvalue weighted by molar-refractivity contribution is 5.62. The zero-order valence-electron chi connectivity index (χ0n) is 8.73. The van der Waals surface area contributed by atoms with Crippen LogP contribution < -0.4 is 5.73 Å². The highest BCUT2D eigenvalue weighted by Gasteiger charge is 2.07. The Morgan fingerprint density at radius 1 is 1.33 bits per heavy atom. The van der Waals surface area contributed by atoms with Gasteiger partial charge < -0.3 is 10.3 Å². The van der Waals surface area contributed by atoms with Crippen LogP contribution in [0.15, 0.2) is 34.9 Å². The summed E-state index contributed by atoms with van der Waals surface area (Å²) in [6, 6.07) is 10.1. The monoisotopic (exact) mass is 202 g/mol. The molecule has 0 radical (unpaired) electrons. The minimum atomic E-state index is 0.586. The first-order valence-corrected chi connectivity index (χ1v) is 5.03. The van der Waals surface area contributed by atoms with Crippen molar-refractivity contribution in [3.63, 3.8) is 0 Å². The number of nitrogens with zero attached hydrogens (tertiary/aromatic N) is 1. The molecule has 0 amide bonds. The summed E-state index contributed by atoms with van der Waals surface area (Å²) in [5.41, 5.74) is 8.65. The first-order valence-electron chi connectivity index (χ1n) is 5.03. The normalized spacial score (nSPS) is 10.5. The molecular weight excluding hydrogens is 188 g/mol. The van der Waals surface area contributed by atoms with Crippen LogP contribution in [-0.2, 0) is 6.42 Å². The van der Waals surface area contributed by atoms with E-state index in [1.165, 1.54) is 5.56 Å². The van der Waals surface area contributed by atoms with Gasteiger partial charge in [0.1, 0.15) is 11.5 Å². The van der Waals surface area contributed by atoms with Gasteiger partial charge in [-0.3, -0.25) is 0 Å². The van der Waals surface area contributed by atoms with E-state index >= 15 is 0 Å². The van der Waals surface area contributed by atoms with E-state index in [-0.39, 0.29) is 0 Å². The lowest BCUT2D eigenvalue weighted by Crippen LogP contribution is -2.01. The van der Waals surface area contributed by atoms with Crippen molar-refractivity contribution < 1.29 is 4.52 Å². The molecule has 0 aliphatic carbocycles. The second-order valence-corrected chi connectivity index (χ2v) is 3.53. The summed E-state index contributed by atoms with van der Waals surface area (Å²) < 4.78 is 5.18. The van der Waals surface area contributed by atoms with Crippen LogP contribution in [0, 0.1) is 6.92 Å². The van der Waals surface area contributed by atoms with Crippen molar-refractivity contribution in [1.29, 1.82) is 0 Å². The summed E-state index contributed by atoms with van der Waals surface area (Å²) in [7, 11) is 0. The Labute approximate surface area is 88.9 Å². The number of aryl methyl sites for hydroxylation is 1. The van der Waals surface area contributed by atoms with E-state index in [0.29, 0.717) is 6.54 Å². The highest BCUT2D eigenvalue weighted by atomic mass is 16.5. The summed E-state index contributed by atoms with van der Waals surface area (Å²) >= 11 is 0. The SMILES string of the molecule is Cc1ccccc1-c1cc(CCN)on1. The Balaban J connectivity index is 2.33. The smallest absolute Gasteiger partial charge is 0.138 e. The summed E-state index contributed by atoms with van der Waals surface area (Å²) in [4.78, 5) is 0. The van der Waals surface area contributed by atoms with Crippen LogP contribution in [0.1, 0.15) is 11.3 Å². The van der Waals surface area contributed by atoms with Crippen LogP contribution in [-0.4, -0.2) is 11.7 Å². The molecule has 1 aromatic carbocycles. The summed E-state index contributed by atoms with van der Waals surface area (Å²) in [5.74, 6) is 0.843. The maximum atomic E-state index is 5.45. The standard InChI is InChI=1S/C12H14N2O/c1-9-4-2-3-5-11(9)12-8-10(6-7-13)15-14-12/h2-5,8H,6-7,13H2,1H3. The topological polar surface area (TPSA) is 52.0 Å². The predicted octanol–water partition coefficient (Wildman–Crippen LogP) is 2.15. The van der Waals surface area contributed by atoms with Gasteiger partial charge in [-0.25, -0.2) is 0 Å². The molecule has 2 aromatic rings. The molecule has 0 atom stereocenters. The average Bonchev–Trinajstić information content (AvgIpc) is 2.68. The van der Waals surface area contributed by atoms with Gasteiger partial charge >= 0.3 is 0 Å². The third-order valence-electron chi connectivity index (χ3n) is 2.37. The zero-order chi connectivity index (χ0) is 10.7. The number of hydrogen-bond donors (Lipinski definition) is 1.